The Balaban J connectivity index is 2.68. The Hall–Kier alpha value is -1.66. The molecule has 18 heavy (non-hydrogen) atoms. The Morgan fingerprint density at radius 3 is 2.78 bits per heavy atom. The van der Waals surface area contributed by atoms with E-state index < -0.39 is 17.5 Å². The van der Waals surface area contributed by atoms with Crippen LogP contribution in [0.1, 0.15) is 5.56 Å². The van der Waals surface area contributed by atoms with Crippen molar-refractivity contribution in [2.24, 2.45) is 0 Å². The van der Waals surface area contributed by atoms with Crippen molar-refractivity contribution in [2.75, 3.05) is 26.8 Å². The third-order valence-electron chi connectivity index (χ3n) is 2.39. The summed E-state index contributed by atoms with van der Waals surface area (Å²) in [6.45, 7) is 0.970. The number of aromatic hydroxyl groups is 1. The predicted molar refractivity (Wildman–Crippen MR) is 62.9 cm³/mol. The fourth-order valence-corrected chi connectivity index (χ4v) is 1.53. The van der Waals surface area contributed by atoms with E-state index in [-0.39, 0.29) is 13.1 Å². The number of ether oxygens (including phenoxy) is 1. The number of phenolic OH excluding ortho intramolecular Hbond substituents is 1. The van der Waals surface area contributed by atoms with Gasteiger partial charge >= 0.3 is 5.97 Å². The highest BCUT2D eigenvalue weighted by molar-refractivity contribution is 5.69. The maximum atomic E-state index is 13.1. The Kier molecular flexibility index (Phi) is 5.54. The van der Waals surface area contributed by atoms with Gasteiger partial charge in [0.05, 0.1) is 13.2 Å². The lowest BCUT2D eigenvalue weighted by Crippen LogP contribution is -2.32. The number of hydrogen-bond acceptors (Lipinski definition) is 4. The fraction of sp³-hybridized carbons (Fsp3) is 0.417. The summed E-state index contributed by atoms with van der Waals surface area (Å²) >= 11 is 0. The van der Waals surface area contributed by atoms with Crippen LogP contribution >= 0.6 is 0 Å². The van der Waals surface area contributed by atoms with Crippen molar-refractivity contribution in [2.45, 2.75) is 6.54 Å². The second-order valence-corrected chi connectivity index (χ2v) is 3.88. The number of nitrogens with zero attached hydrogens (tertiary/aromatic N) is 1. The summed E-state index contributed by atoms with van der Waals surface area (Å²) in [6, 6.07) is 4.00. The molecule has 6 heteroatoms. The quantitative estimate of drug-likeness (QED) is 0.764. The van der Waals surface area contributed by atoms with Crippen LogP contribution in [0.5, 0.6) is 5.75 Å². The summed E-state index contributed by atoms with van der Waals surface area (Å²) in [4.78, 5) is 12.3. The molecule has 0 saturated carbocycles. The fourth-order valence-electron chi connectivity index (χ4n) is 1.53. The Morgan fingerprint density at radius 1 is 1.50 bits per heavy atom. The largest absolute Gasteiger partial charge is 0.505 e. The molecule has 0 unspecified atom stereocenters. The number of carboxylic acids is 1. The Morgan fingerprint density at radius 2 is 2.22 bits per heavy atom. The summed E-state index contributed by atoms with van der Waals surface area (Å²) in [5.74, 6) is -2.08. The number of carboxylic acid groups (broad SMARTS) is 1. The zero-order valence-electron chi connectivity index (χ0n) is 10.1. The van der Waals surface area contributed by atoms with Crippen molar-refractivity contribution in [1.82, 2.24) is 4.90 Å². The van der Waals surface area contributed by atoms with Gasteiger partial charge in [-0.15, -0.1) is 0 Å². The zero-order valence-corrected chi connectivity index (χ0v) is 10.1. The molecule has 0 radical (unpaired) electrons. The van der Waals surface area contributed by atoms with E-state index >= 15 is 0 Å². The number of hydrogen-bond donors (Lipinski definition) is 2. The van der Waals surface area contributed by atoms with Gasteiger partial charge in [0.2, 0.25) is 0 Å². The first-order valence-corrected chi connectivity index (χ1v) is 5.43. The van der Waals surface area contributed by atoms with Crippen LogP contribution in [0.3, 0.4) is 0 Å². The van der Waals surface area contributed by atoms with E-state index in [1.165, 1.54) is 19.2 Å². The van der Waals surface area contributed by atoms with E-state index in [1.807, 2.05) is 0 Å². The van der Waals surface area contributed by atoms with Gasteiger partial charge in [-0.2, -0.15) is 0 Å². The van der Waals surface area contributed by atoms with Crippen LogP contribution in [-0.2, 0) is 16.1 Å². The number of aliphatic carboxylic acids is 1. The van der Waals surface area contributed by atoms with Gasteiger partial charge < -0.3 is 14.9 Å². The third kappa shape index (κ3) is 4.68. The number of phenols is 1. The zero-order chi connectivity index (χ0) is 13.5. The van der Waals surface area contributed by atoms with Crippen molar-refractivity contribution < 1.29 is 24.1 Å². The van der Waals surface area contributed by atoms with Crippen LogP contribution in [0.2, 0.25) is 0 Å². The minimum absolute atomic E-state index is 0.147. The van der Waals surface area contributed by atoms with E-state index in [0.29, 0.717) is 18.7 Å². The summed E-state index contributed by atoms with van der Waals surface area (Å²) in [5, 5.41) is 17.8. The van der Waals surface area contributed by atoms with Gasteiger partial charge in [-0.05, 0) is 17.7 Å². The molecule has 0 bridgehead atoms. The van der Waals surface area contributed by atoms with Crippen molar-refractivity contribution >= 4 is 5.97 Å². The van der Waals surface area contributed by atoms with Gasteiger partial charge in [0.15, 0.2) is 11.6 Å². The molecule has 5 nitrogen and oxygen atoms in total. The lowest BCUT2D eigenvalue weighted by molar-refractivity contribution is -0.138. The van der Waals surface area contributed by atoms with Crippen molar-refractivity contribution in [3.05, 3.63) is 29.6 Å². The molecule has 1 aromatic carbocycles. The maximum Gasteiger partial charge on any atom is 0.317 e. The van der Waals surface area contributed by atoms with E-state index in [4.69, 9.17) is 14.9 Å². The molecular weight excluding hydrogens is 241 g/mol. The van der Waals surface area contributed by atoms with E-state index in [9.17, 15) is 9.18 Å². The van der Waals surface area contributed by atoms with Gasteiger partial charge in [-0.1, -0.05) is 6.07 Å². The predicted octanol–water partition coefficient (Wildman–Crippen LogP) is 1.06. The normalized spacial score (nSPS) is 10.8. The molecule has 1 rings (SSSR count). The van der Waals surface area contributed by atoms with Crippen molar-refractivity contribution in [1.29, 1.82) is 0 Å². The molecule has 100 valence electrons. The van der Waals surface area contributed by atoms with Gasteiger partial charge in [0, 0.05) is 20.2 Å². The minimum Gasteiger partial charge on any atom is -0.505 e. The Labute approximate surface area is 104 Å². The van der Waals surface area contributed by atoms with E-state index in [1.54, 1.807) is 11.0 Å². The molecule has 0 aliphatic heterocycles. The molecule has 2 N–H and O–H groups in total. The first-order chi connectivity index (χ1) is 8.52. The maximum absolute atomic E-state index is 13.1. The number of methoxy groups -OCH3 is 1. The van der Waals surface area contributed by atoms with Crippen LogP contribution in [0.25, 0.3) is 0 Å². The average molecular weight is 257 g/mol. The van der Waals surface area contributed by atoms with Gasteiger partial charge in [-0.25, -0.2) is 4.39 Å². The second kappa shape index (κ2) is 6.93. The number of benzene rings is 1. The monoisotopic (exact) mass is 257 g/mol. The summed E-state index contributed by atoms with van der Waals surface area (Å²) < 4.78 is 18.0. The lowest BCUT2D eigenvalue weighted by Gasteiger charge is -2.19. The highest BCUT2D eigenvalue weighted by Gasteiger charge is 2.11. The van der Waals surface area contributed by atoms with Crippen molar-refractivity contribution in [3.63, 3.8) is 0 Å². The molecular formula is C12H16FNO4. The van der Waals surface area contributed by atoms with Gasteiger partial charge in [-0.3, -0.25) is 9.69 Å². The molecule has 0 saturated heterocycles. The summed E-state index contributed by atoms with van der Waals surface area (Å²) in [5.41, 5.74) is 0.600. The topological polar surface area (TPSA) is 70.0 Å². The van der Waals surface area contributed by atoms with Crippen LogP contribution in [-0.4, -0.2) is 47.9 Å². The highest BCUT2D eigenvalue weighted by Crippen LogP contribution is 2.17. The molecule has 0 aliphatic rings. The SMILES string of the molecule is COCCN(CC(=O)O)Cc1ccc(O)c(F)c1. The van der Waals surface area contributed by atoms with Gasteiger partial charge in [0.25, 0.3) is 0 Å². The van der Waals surface area contributed by atoms with Crippen LogP contribution in [0, 0.1) is 5.82 Å². The molecule has 0 spiro atoms. The second-order valence-electron chi connectivity index (χ2n) is 3.88. The standard InChI is InChI=1S/C12H16FNO4/c1-18-5-4-14(8-12(16)17)7-9-2-3-11(15)10(13)6-9/h2-3,6,15H,4-5,7-8H2,1H3,(H,16,17). The number of halogens is 1. The van der Waals surface area contributed by atoms with Crippen LogP contribution in [0.4, 0.5) is 4.39 Å². The minimum atomic E-state index is -0.953. The lowest BCUT2D eigenvalue weighted by atomic mass is 10.2. The number of rotatable bonds is 7. The number of carbonyl (C=O) groups is 1. The molecule has 0 heterocycles. The summed E-state index contributed by atoms with van der Waals surface area (Å²) in [7, 11) is 1.53. The van der Waals surface area contributed by atoms with Gasteiger partial charge in [0.1, 0.15) is 0 Å². The molecule has 0 atom stereocenters. The van der Waals surface area contributed by atoms with E-state index in [0.717, 1.165) is 0 Å². The Bertz CT molecular complexity index is 411. The third-order valence-corrected chi connectivity index (χ3v) is 2.39. The van der Waals surface area contributed by atoms with Crippen molar-refractivity contribution in [3.8, 4) is 5.75 Å². The molecule has 0 fully saturated rings. The molecule has 0 aliphatic carbocycles. The molecule has 0 amide bonds. The van der Waals surface area contributed by atoms with E-state index in [2.05, 4.69) is 0 Å². The molecule has 1 aromatic rings. The van der Waals surface area contributed by atoms with Crippen LogP contribution in [0.15, 0.2) is 18.2 Å². The first kappa shape index (κ1) is 14.4. The van der Waals surface area contributed by atoms with Crippen LogP contribution < -0.4 is 0 Å². The highest BCUT2D eigenvalue weighted by atomic mass is 19.1. The molecule has 0 aromatic heterocycles. The summed E-state index contributed by atoms with van der Waals surface area (Å²) in [6.07, 6.45) is 0. The average Bonchev–Trinajstić information content (AvgIpc) is 2.30. The first-order valence-electron chi connectivity index (χ1n) is 5.43. The smallest absolute Gasteiger partial charge is 0.317 e.